The maximum Gasteiger partial charge on any atom is 0.241 e. The Morgan fingerprint density at radius 2 is 2.29 bits per heavy atom. The molecule has 17 heavy (non-hydrogen) atoms. The molecule has 1 aliphatic carbocycles. The minimum absolute atomic E-state index is 0.0609. The molecule has 0 bridgehead atoms. The quantitative estimate of drug-likeness (QED) is 0.758. The predicted molar refractivity (Wildman–Crippen MR) is 66.3 cm³/mol. The Morgan fingerprint density at radius 1 is 1.47 bits per heavy atom. The van der Waals surface area contributed by atoms with Gasteiger partial charge in [0.15, 0.2) is 0 Å². The smallest absolute Gasteiger partial charge is 0.241 e. The van der Waals surface area contributed by atoms with Crippen LogP contribution in [0.5, 0.6) is 0 Å². The predicted octanol–water partition coefficient (Wildman–Crippen LogP) is 1.09. The third-order valence-corrected chi connectivity index (χ3v) is 5.69. The van der Waals surface area contributed by atoms with Crippen molar-refractivity contribution in [2.75, 3.05) is 12.3 Å². The van der Waals surface area contributed by atoms with Gasteiger partial charge in [-0.3, -0.25) is 10.1 Å². The van der Waals surface area contributed by atoms with E-state index in [2.05, 4.69) is 11.4 Å². The summed E-state index contributed by atoms with van der Waals surface area (Å²) in [6.45, 7) is 0.757. The van der Waals surface area contributed by atoms with Crippen LogP contribution < -0.4 is 5.32 Å². The van der Waals surface area contributed by atoms with E-state index in [1.165, 1.54) is 19.3 Å². The van der Waals surface area contributed by atoms with Gasteiger partial charge in [-0.15, -0.1) is 11.8 Å². The first-order valence-electron chi connectivity index (χ1n) is 6.36. The van der Waals surface area contributed by atoms with Crippen LogP contribution in [0.1, 0.15) is 32.1 Å². The molecule has 2 saturated heterocycles. The van der Waals surface area contributed by atoms with E-state index in [4.69, 9.17) is 5.26 Å². The highest BCUT2D eigenvalue weighted by atomic mass is 32.2. The Labute approximate surface area is 106 Å². The maximum absolute atomic E-state index is 12.3. The summed E-state index contributed by atoms with van der Waals surface area (Å²) in [6, 6.07) is 1.99. The van der Waals surface area contributed by atoms with Crippen molar-refractivity contribution in [2.45, 2.75) is 49.1 Å². The van der Waals surface area contributed by atoms with Crippen molar-refractivity contribution in [3.8, 4) is 6.07 Å². The molecular formula is C12H17N3OS. The van der Waals surface area contributed by atoms with Crippen LogP contribution in [0.3, 0.4) is 0 Å². The SMILES string of the molecule is N#C[C@@H]1CCCN1C(=O)[C@@H]1CSC2(CCC2)N1. The minimum atomic E-state index is -0.188. The second-order valence-corrected chi connectivity index (χ2v) is 6.58. The van der Waals surface area contributed by atoms with Gasteiger partial charge in [0.2, 0.25) is 5.91 Å². The second-order valence-electron chi connectivity index (χ2n) is 5.17. The number of amides is 1. The summed E-state index contributed by atoms with van der Waals surface area (Å²) in [6.07, 6.45) is 5.44. The van der Waals surface area contributed by atoms with Gasteiger partial charge < -0.3 is 4.90 Å². The fraction of sp³-hybridized carbons (Fsp3) is 0.833. The van der Waals surface area contributed by atoms with Gasteiger partial charge in [-0.05, 0) is 32.1 Å². The Balaban J connectivity index is 1.65. The van der Waals surface area contributed by atoms with Gasteiger partial charge in [-0.1, -0.05) is 0 Å². The lowest BCUT2D eigenvalue weighted by Gasteiger charge is -2.38. The summed E-state index contributed by atoms with van der Waals surface area (Å²) < 4.78 is 0. The van der Waals surface area contributed by atoms with E-state index in [0.717, 1.165) is 25.1 Å². The zero-order chi connectivity index (χ0) is 11.9. The molecule has 0 aromatic carbocycles. The number of carbonyl (C=O) groups is 1. The molecule has 3 rings (SSSR count). The number of hydrogen-bond donors (Lipinski definition) is 1. The number of carbonyl (C=O) groups excluding carboxylic acids is 1. The molecule has 0 aromatic heterocycles. The van der Waals surface area contributed by atoms with Crippen molar-refractivity contribution in [3.63, 3.8) is 0 Å². The largest absolute Gasteiger partial charge is 0.325 e. The topological polar surface area (TPSA) is 56.1 Å². The standard InChI is InChI=1S/C12H17N3OS/c13-7-9-3-1-6-15(9)11(16)10-8-17-12(14-10)4-2-5-12/h9-10,14H,1-6,8H2/t9-,10-/m0/s1. The summed E-state index contributed by atoms with van der Waals surface area (Å²) >= 11 is 1.89. The molecule has 1 saturated carbocycles. The zero-order valence-corrected chi connectivity index (χ0v) is 10.6. The number of nitrogens with one attached hydrogen (secondary N) is 1. The van der Waals surface area contributed by atoms with Crippen LogP contribution in [0.15, 0.2) is 0 Å². The van der Waals surface area contributed by atoms with Crippen molar-refractivity contribution < 1.29 is 4.79 Å². The maximum atomic E-state index is 12.3. The molecule has 4 nitrogen and oxygen atoms in total. The van der Waals surface area contributed by atoms with E-state index in [0.29, 0.717) is 0 Å². The molecular weight excluding hydrogens is 234 g/mol. The fourth-order valence-corrected chi connectivity index (χ4v) is 4.44. The van der Waals surface area contributed by atoms with Gasteiger partial charge in [-0.25, -0.2) is 0 Å². The first-order valence-corrected chi connectivity index (χ1v) is 7.34. The summed E-state index contributed by atoms with van der Waals surface area (Å²) in [7, 11) is 0. The molecule has 0 aromatic rings. The van der Waals surface area contributed by atoms with Crippen LogP contribution in [0.25, 0.3) is 0 Å². The molecule has 3 fully saturated rings. The molecule has 0 radical (unpaired) electrons. The molecule has 1 amide bonds. The van der Waals surface area contributed by atoms with Gasteiger partial charge in [0.25, 0.3) is 0 Å². The van der Waals surface area contributed by atoms with E-state index in [9.17, 15) is 4.79 Å². The van der Waals surface area contributed by atoms with E-state index < -0.39 is 0 Å². The van der Waals surface area contributed by atoms with Crippen LogP contribution in [0.4, 0.5) is 0 Å². The van der Waals surface area contributed by atoms with Crippen LogP contribution in [0, 0.1) is 11.3 Å². The summed E-state index contributed by atoms with van der Waals surface area (Å²) in [5, 5.41) is 12.5. The van der Waals surface area contributed by atoms with Crippen molar-refractivity contribution in [1.82, 2.24) is 10.2 Å². The first-order chi connectivity index (χ1) is 8.24. The third-order valence-electron chi connectivity index (χ3n) is 4.11. The number of rotatable bonds is 1. The van der Waals surface area contributed by atoms with Crippen molar-refractivity contribution in [3.05, 3.63) is 0 Å². The molecule has 0 unspecified atom stereocenters. The molecule has 92 valence electrons. The van der Waals surface area contributed by atoms with Crippen LogP contribution >= 0.6 is 11.8 Å². The number of nitriles is 1. The lowest BCUT2D eigenvalue weighted by Crippen LogP contribution is -2.53. The molecule has 3 aliphatic rings. The zero-order valence-electron chi connectivity index (χ0n) is 9.82. The summed E-state index contributed by atoms with van der Waals surface area (Å²) in [5.41, 5.74) is 0. The minimum Gasteiger partial charge on any atom is -0.325 e. The number of likely N-dealkylation sites (tertiary alicyclic amines) is 1. The third kappa shape index (κ3) is 1.84. The average molecular weight is 251 g/mol. The number of nitrogens with zero attached hydrogens (tertiary/aromatic N) is 2. The van der Waals surface area contributed by atoms with Crippen molar-refractivity contribution >= 4 is 17.7 Å². The van der Waals surface area contributed by atoms with Crippen LogP contribution in [-0.2, 0) is 4.79 Å². The van der Waals surface area contributed by atoms with Gasteiger partial charge in [0.1, 0.15) is 6.04 Å². The van der Waals surface area contributed by atoms with Crippen molar-refractivity contribution in [2.24, 2.45) is 0 Å². The molecule has 5 heteroatoms. The fourth-order valence-electron chi connectivity index (χ4n) is 2.93. The normalized spacial score (nSPS) is 34.6. The monoisotopic (exact) mass is 251 g/mol. The molecule has 2 heterocycles. The lowest BCUT2D eigenvalue weighted by atomic mass is 9.91. The van der Waals surface area contributed by atoms with Gasteiger partial charge in [0.05, 0.1) is 17.0 Å². The van der Waals surface area contributed by atoms with Crippen LogP contribution in [-0.4, -0.2) is 40.1 Å². The highest BCUT2D eigenvalue weighted by Crippen LogP contribution is 2.46. The summed E-state index contributed by atoms with van der Waals surface area (Å²) in [4.78, 5) is 14.3. The first kappa shape index (κ1) is 11.4. The lowest BCUT2D eigenvalue weighted by molar-refractivity contribution is -0.133. The van der Waals surface area contributed by atoms with Gasteiger partial charge in [-0.2, -0.15) is 5.26 Å². The Hall–Kier alpha value is -0.730. The Kier molecular flexibility index (Phi) is 2.80. The Bertz CT molecular complexity index is 374. The number of thioether (sulfide) groups is 1. The second kappa shape index (κ2) is 4.18. The van der Waals surface area contributed by atoms with Gasteiger partial charge in [0, 0.05) is 12.3 Å². The van der Waals surface area contributed by atoms with E-state index in [-0.39, 0.29) is 22.9 Å². The molecule has 1 N–H and O–H groups in total. The van der Waals surface area contributed by atoms with E-state index >= 15 is 0 Å². The molecule has 2 atom stereocenters. The highest BCUT2D eigenvalue weighted by Gasteiger charge is 2.47. The van der Waals surface area contributed by atoms with Crippen LogP contribution in [0.2, 0.25) is 0 Å². The Morgan fingerprint density at radius 3 is 2.88 bits per heavy atom. The highest BCUT2D eigenvalue weighted by molar-refractivity contribution is 8.01. The molecule has 1 spiro atoms. The van der Waals surface area contributed by atoms with E-state index in [1.54, 1.807) is 4.90 Å². The van der Waals surface area contributed by atoms with E-state index in [1.807, 2.05) is 11.8 Å². The molecule has 2 aliphatic heterocycles. The van der Waals surface area contributed by atoms with Gasteiger partial charge >= 0.3 is 0 Å². The van der Waals surface area contributed by atoms with Crippen molar-refractivity contribution in [1.29, 1.82) is 5.26 Å². The number of hydrogen-bond acceptors (Lipinski definition) is 4. The average Bonchev–Trinajstić information content (AvgIpc) is 2.93. The summed E-state index contributed by atoms with van der Waals surface area (Å²) in [5.74, 6) is 1.01.